The molecule has 3 rings (SSSR count). The molecule has 1 amide bonds. The summed E-state index contributed by atoms with van der Waals surface area (Å²) in [4.78, 5) is 32.4. The van der Waals surface area contributed by atoms with E-state index in [0.29, 0.717) is 22.8 Å². The Morgan fingerprint density at radius 1 is 0.964 bits per heavy atom. The van der Waals surface area contributed by atoms with Crippen molar-refractivity contribution in [2.24, 2.45) is 0 Å². The van der Waals surface area contributed by atoms with Crippen molar-refractivity contribution < 1.29 is 14.3 Å². The number of methoxy groups -OCH3 is 1. The van der Waals surface area contributed by atoms with Gasteiger partial charge in [-0.2, -0.15) is 0 Å². The maximum absolute atomic E-state index is 12.4. The Kier molecular flexibility index (Phi) is 5.64. The molecule has 0 aliphatic carbocycles. The first-order valence-corrected chi connectivity index (χ1v) is 8.63. The standard InChI is InChI=1S/C21H20N4O3/c1-13-6-4-9-18(14(13)2)25-21-22-11-16(12-23-21)19(26)24-17-8-5-7-15(10-17)20(27)28-3/h4-12H,1-3H3,(H,24,26)(H,22,23,25). The molecule has 28 heavy (non-hydrogen) atoms. The number of amides is 1. The van der Waals surface area contributed by atoms with Crippen molar-refractivity contribution in [2.45, 2.75) is 13.8 Å². The van der Waals surface area contributed by atoms with Crippen molar-refractivity contribution in [2.75, 3.05) is 17.7 Å². The van der Waals surface area contributed by atoms with Crippen LogP contribution in [0.1, 0.15) is 31.8 Å². The molecule has 0 spiro atoms. The predicted octanol–water partition coefficient (Wildman–Crippen LogP) is 3.88. The summed E-state index contributed by atoms with van der Waals surface area (Å²) in [7, 11) is 1.30. The lowest BCUT2D eigenvalue weighted by molar-refractivity contribution is 0.0600. The first kappa shape index (κ1) is 19.0. The highest BCUT2D eigenvalue weighted by atomic mass is 16.5. The van der Waals surface area contributed by atoms with Crippen molar-refractivity contribution in [3.8, 4) is 0 Å². The Hall–Kier alpha value is -3.74. The van der Waals surface area contributed by atoms with Crippen LogP contribution in [0.2, 0.25) is 0 Å². The van der Waals surface area contributed by atoms with Crippen LogP contribution < -0.4 is 10.6 Å². The third-order valence-corrected chi connectivity index (χ3v) is 4.31. The number of aromatic nitrogens is 2. The predicted molar refractivity (Wildman–Crippen MR) is 107 cm³/mol. The van der Waals surface area contributed by atoms with Crippen LogP contribution in [0.15, 0.2) is 54.9 Å². The fourth-order valence-electron chi connectivity index (χ4n) is 2.56. The molecule has 0 fully saturated rings. The highest BCUT2D eigenvalue weighted by Crippen LogP contribution is 2.21. The summed E-state index contributed by atoms with van der Waals surface area (Å²) in [6.45, 7) is 4.05. The molecule has 0 radical (unpaired) electrons. The van der Waals surface area contributed by atoms with Gasteiger partial charge in [-0.3, -0.25) is 4.79 Å². The maximum Gasteiger partial charge on any atom is 0.337 e. The van der Waals surface area contributed by atoms with Gasteiger partial charge in [0, 0.05) is 23.8 Å². The molecule has 1 aromatic heterocycles. The van der Waals surface area contributed by atoms with E-state index in [-0.39, 0.29) is 5.91 Å². The van der Waals surface area contributed by atoms with Crippen LogP contribution in [-0.2, 0) is 4.74 Å². The summed E-state index contributed by atoms with van der Waals surface area (Å²) >= 11 is 0. The number of anilines is 3. The van der Waals surface area contributed by atoms with Crippen LogP contribution in [0.25, 0.3) is 0 Å². The van der Waals surface area contributed by atoms with E-state index < -0.39 is 5.97 Å². The van der Waals surface area contributed by atoms with E-state index in [4.69, 9.17) is 0 Å². The Bertz CT molecular complexity index is 1020. The molecule has 0 aliphatic rings. The van der Waals surface area contributed by atoms with Crippen LogP contribution in [0.5, 0.6) is 0 Å². The van der Waals surface area contributed by atoms with Crippen molar-refractivity contribution in [1.82, 2.24) is 9.97 Å². The second-order valence-corrected chi connectivity index (χ2v) is 6.19. The molecule has 2 N–H and O–H groups in total. The number of ether oxygens (including phenoxy) is 1. The molecule has 0 saturated carbocycles. The molecular weight excluding hydrogens is 356 g/mol. The number of aryl methyl sites for hydroxylation is 1. The number of hydrogen-bond acceptors (Lipinski definition) is 6. The van der Waals surface area contributed by atoms with Crippen molar-refractivity contribution in [3.63, 3.8) is 0 Å². The van der Waals surface area contributed by atoms with Gasteiger partial charge in [0.1, 0.15) is 0 Å². The second-order valence-electron chi connectivity index (χ2n) is 6.19. The molecule has 1 heterocycles. The molecule has 0 unspecified atom stereocenters. The van der Waals surface area contributed by atoms with Gasteiger partial charge in [0.05, 0.1) is 18.2 Å². The molecule has 0 atom stereocenters. The normalized spacial score (nSPS) is 10.2. The van der Waals surface area contributed by atoms with Crippen LogP contribution in [0, 0.1) is 13.8 Å². The molecule has 7 nitrogen and oxygen atoms in total. The number of nitrogens with one attached hydrogen (secondary N) is 2. The summed E-state index contributed by atoms with van der Waals surface area (Å²) < 4.78 is 4.68. The lowest BCUT2D eigenvalue weighted by Gasteiger charge is -2.10. The van der Waals surface area contributed by atoms with E-state index >= 15 is 0 Å². The first-order valence-electron chi connectivity index (χ1n) is 8.63. The zero-order valence-electron chi connectivity index (χ0n) is 15.8. The quantitative estimate of drug-likeness (QED) is 0.657. The van der Waals surface area contributed by atoms with Crippen molar-refractivity contribution in [3.05, 3.63) is 77.1 Å². The van der Waals surface area contributed by atoms with Gasteiger partial charge in [-0.05, 0) is 49.2 Å². The summed E-state index contributed by atoms with van der Waals surface area (Å²) in [5.74, 6) is -0.445. The maximum atomic E-state index is 12.4. The molecule has 0 saturated heterocycles. The lowest BCUT2D eigenvalue weighted by atomic mass is 10.1. The Morgan fingerprint density at radius 3 is 2.39 bits per heavy atom. The van der Waals surface area contributed by atoms with Crippen LogP contribution in [-0.4, -0.2) is 29.0 Å². The molecule has 3 aromatic rings. The summed E-state index contributed by atoms with van der Waals surface area (Å²) in [5, 5.41) is 5.87. The van der Waals surface area contributed by atoms with Gasteiger partial charge >= 0.3 is 5.97 Å². The monoisotopic (exact) mass is 376 g/mol. The van der Waals surface area contributed by atoms with E-state index in [1.807, 2.05) is 32.0 Å². The number of esters is 1. The third kappa shape index (κ3) is 4.32. The van der Waals surface area contributed by atoms with Crippen LogP contribution in [0.4, 0.5) is 17.3 Å². The molecule has 0 aliphatic heterocycles. The average Bonchev–Trinajstić information content (AvgIpc) is 2.71. The molecule has 7 heteroatoms. The number of rotatable bonds is 5. The fraction of sp³-hybridized carbons (Fsp3) is 0.143. The SMILES string of the molecule is COC(=O)c1cccc(NC(=O)c2cnc(Nc3cccc(C)c3C)nc2)c1. The molecule has 2 aromatic carbocycles. The minimum Gasteiger partial charge on any atom is -0.465 e. The molecular formula is C21H20N4O3. The van der Waals surface area contributed by atoms with Crippen LogP contribution >= 0.6 is 0 Å². The summed E-state index contributed by atoms with van der Waals surface area (Å²) in [6.07, 6.45) is 2.89. The third-order valence-electron chi connectivity index (χ3n) is 4.31. The minimum atomic E-state index is -0.471. The zero-order chi connectivity index (χ0) is 20.1. The summed E-state index contributed by atoms with van der Waals surface area (Å²) in [5.41, 5.74) is 4.32. The van der Waals surface area contributed by atoms with Crippen molar-refractivity contribution in [1.29, 1.82) is 0 Å². The van der Waals surface area contributed by atoms with Crippen LogP contribution in [0.3, 0.4) is 0 Å². The second kappa shape index (κ2) is 8.30. The van der Waals surface area contributed by atoms with E-state index in [2.05, 4.69) is 25.3 Å². The van der Waals surface area contributed by atoms with Gasteiger partial charge in [-0.1, -0.05) is 18.2 Å². The number of benzene rings is 2. The average molecular weight is 376 g/mol. The van der Waals surface area contributed by atoms with Gasteiger partial charge in [-0.15, -0.1) is 0 Å². The number of carbonyl (C=O) groups excluding carboxylic acids is 2. The highest BCUT2D eigenvalue weighted by Gasteiger charge is 2.11. The Balaban J connectivity index is 1.70. The van der Waals surface area contributed by atoms with Gasteiger partial charge in [0.2, 0.25) is 5.95 Å². The number of nitrogens with zero attached hydrogens (tertiary/aromatic N) is 2. The minimum absolute atomic E-state index is 0.301. The highest BCUT2D eigenvalue weighted by molar-refractivity contribution is 6.04. The van der Waals surface area contributed by atoms with Gasteiger partial charge in [0.15, 0.2) is 0 Å². The van der Waals surface area contributed by atoms with Gasteiger partial charge in [0.25, 0.3) is 5.91 Å². The van der Waals surface area contributed by atoms with E-state index in [1.54, 1.807) is 24.3 Å². The lowest BCUT2D eigenvalue weighted by Crippen LogP contribution is -2.13. The molecule has 142 valence electrons. The first-order chi connectivity index (χ1) is 13.5. The molecule has 0 bridgehead atoms. The van der Waals surface area contributed by atoms with E-state index in [0.717, 1.165) is 16.8 Å². The van der Waals surface area contributed by atoms with Gasteiger partial charge in [-0.25, -0.2) is 14.8 Å². The largest absolute Gasteiger partial charge is 0.465 e. The zero-order valence-corrected chi connectivity index (χ0v) is 15.8. The smallest absolute Gasteiger partial charge is 0.337 e. The van der Waals surface area contributed by atoms with Crippen molar-refractivity contribution >= 4 is 29.2 Å². The van der Waals surface area contributed by atoms with E-state index in [9.17, 15) is 9.59 Å². The topological polar surface area (TPSA) is 93.2 Å². The Labute approximate surface area is 162 Å². The Morgan fingerprint density at radius 2 is 1.68 bits per heavy atom. The number of hydrogen-bond donors (Lipinski definition) is 2. The number of carbonyl (C=O) groups is 2. The summed E-state index contributed by atoms with van der Waals surface area (Å²) in [6, 6.07) is 12.4. The fourth-order valence-corrected chi connectivity index (χ4v) is 2.56. The van der Waals surface area contributed by atoms with Gasteiger partial charge < -0.3 is 15.4 Å². The van der Waals surface area contributed by atoms with E-state index in [1.165, 1.54) is 19.5 Å².